The molecule has 1 saturated heterocycles. The summed E-state index contributed by atoms with van der Waals surface area (Å²) in [4.78, 5) is 2.42. The van der Waals surface area contributed by atoms with Crippen LogP contribution >= 0.6 is 0 Å². The third-order valence-corrected chi connectivity index (χ3v) is 5.60. The molecule has 2 fully saturated rings. The summed E-state index contributed by atoms with van der Waals surface area (Å²) in [5.41, 5.74) is 1.90. The lowest BCUT2D eigenvalue weighted by molar-refractivity contribution is 0.0481. The van der Waals surface area contributed by atoms with Gasteiger partial charge in [-0.2, -0.15) is 0 Å². The first kappa shape index (κ1) is 17.4. The van der Waals surface area contributed by atoms with Gasteiger partial charge in [0.2, 0.25) is 0 Å². The average molecular weight is 353 g/mol. The van der Waals surface area contributed by atoms with Crippen LogP contribution in [-0.4, -0.2) is 35.3 Å². The van der Waals surface area contributed by atoms with Crippen LogP contribution in [0.1, 0.15) is 36.8 Å². The van der Waals surface area contributed by atoms with Gasteiger partial charge in [0, 0.05) is 12.6 Å². The van der Waals surface area contributed by atoms with Crippen LogP contribution in [0.3, 0.4) is 0 Å². The van der Waals surface area contributed by atoms with Crippen LogP contribution in [0.2, 0.25) is 0 Å². The van der Waals surface area contributed by atoms with Crippen LogP contribution in [-0.2, 0) is 13.2 Å². The molecule has 0 spiro atoms. The van der Waals surface area contributed by atoms with E-state index >= 15 is 0 Å². The molecule has 1 unspecified atom stereocenters. The van der Waals surface area contributed by atoms with Crippen molar-refractivity contribution in [2.45, 2.75) is 50.5 Å². The number of benzene rings is 2. The summed E-state index contributed by atoms with van der Waals surface area (Å²) in [6.45, 7) is 2.43. The number of methoxy groups -OCH3 is 1. The molecule has 2 aliphatic rings. The second kappa shape index (κ2) is 7.29. The van der Waals surface area contributed by atoms with E-state index in [1.807, 2.05) is 24.3 Å². The monoisotopic (exact) mass is 353 g/mol. The van der Waals surface area contributed by atoms with Gasteiger partial charge in [0.05, 0.1) is 12.7 Å². The van der Waals surface area contributed by atoms with Crippen molar-refractivity contribution in [3.8, 4) is 11.5 Å². The van der Waals surface area contributed by atoms with Crippen LogP contribution in [0, 0.1) is 0 Å². The predicted octanol–water partition coefficient (Wildman–Crippen LogP) is 3.76. The van der Waals surface area contributed by atoms with Gasteiger partial charge in [-0.1, -0.05) is 36.4 Å². The molecule has 1 heterocycles. The molecule has 0 amide bonds. The molecule has 138 valence electrons. The zero-order valence-corrected chi connectivity index (χ0v) is 15.4. The number of rotatable bonds is 7. The van der Waals surface area contributed by atoms with Crippen molar-refractivity contribution in [2.75, 3.05) is 13.7 Å². The molecular formula is C22H27NO3. The van der Waals surface area contributed by atoms with Crippen LogP contribution < -0.4 is 9.47 Å². The summed E-state index contributed by atoms with van der Waals surface area (Å²) in [7, 11) is 1.68. The number of likely N-dealkylation sites (tertiary alicyclic amines) is 1. The summed E-state index contributed by atoms with van der Waals surface area (Å²) in [5, 5.41) is 10.5. The lowest BCUT2D eigenvalue weighted by Crippen LogP contribution is -2.40. The number of hydrogen-bond acceptors (Lipinski definition) is 4. The fourth-order valence-corrected chi connectivity index (χ4v) is 3.98. The lowest BCUT2D eigenvalue weighted by Gasteiger charge is -2.28. The van der Waals surface area contributed by atoms with Gasteiger partial charge in [-0.05, 0) is 55.5 Å². The topological polar surface area (TPSA) is 41.9 Å². The van der Waals surface area contributed by atoms with Gasteiger partial charge in [-0.3, -0.25) is 4.90 Å². The number of ether oxygens (including phenoxy) is 2. The van der Waals surface area contributed by atoms with Crippen LogP contribution in [0.4, 0.5) is 0 Å². The quantitative estimate of drug-likeness (QED) is 0.823. The minimum atomic E-state index is -0.431. The molecule has 1 atom stereocenters. The first-order valence-corrected chi connectivity index (χ1v) is 9.48. The third-order valence-electron chi connectivity index (χ3n) is 5.60. The van der Waals surface area contributed by atoms with E-state index in [9.17, 15) is 5.11 Å². The molecule has 2 aromatic rings. The van der Waals surface area contributed by atoms with E-state index < -0.39 is 5.60 Å². The lowest BCUT2D eigenvalue weighted by atomic mass is 10.1. The maximum absolute atomic E-state index is 10.5. The van der Waals surface area contributed by atoms with Gasteiger partial charge in [0.15, 0.2) is 11.5 Å². The summed E-state index contributed by atoms with van der Waals surface area (Å²) in [6, 6.07) is 16.6. The molecule has 1 aliphatic heterocycles. The Kier molecular flexibility index (Phi) is 4.88. The van der Waals surface area contributed by atoms with Gasteiger partial charge in [-0.15, -0.1) is 0 Å². The van der Waals surface area contributed by atoms with Crippen molar-refractivity contribution in [1.29, 1.82) is 0 Å². The highest BCUT2D eigenvalue weighted by Gasteiger charge is 2.51. The fraction of sp³-hybridized carbons (Fsp3) is 0.455. The minimum absolute atomic E-state index is 0.308. The zero-order chi connectivity index (χ0) is 18.0. The van der Waals surface area contributed by atoms with Crippen LogP contribution in [0.5, 0.6) is 11.5 Å². The molecule has 0 aromatic heterocycles. The van der Waals surface area contributed by atoms with E-state index in [-0.39, 0.29) is 0 Å². The van der Waals surface area contributed by atoms with E-state index in [2.05, 4.69) is 29.2 Å². The minimum Gasteiger partial charge on any atom is -0.493 e. The molecule has 1 N–H and O–H groups in total. The van der Waals surface area contributed by atoms with E-state index in [1.54, 1.807) is 7.11 Å². The molecule has 0 bridgehead atoms. The van der Waals surface area contributed by atoms with Gasteiger partial charge >= 0.3 is 0 Å². The summed E-state index contributed by atoms with van der Waals surface area (Å²) >= 11 is 0. The van der Waals surface area contributed by atoms with Gasteiger partial charge < -0.3 is 14.6 Å². The SMILES string of the molecule is COc1cc(CN2CCCC2C2(O)CC2)ccc1OCc1ccccc1. The second-order valence-electron chi connectivity index (χ2n) is 7.49. The Bertz CT molecular complexity index is 742. The van der Waals surface area contributed by atoms with Gasteiger partial charge in [0.25, 0.3) is 0 Å². The molecular weight excluding hydrogens is 326 g/mol. The van der Waals surface area contributed by atoms with E-state index in [1.165, 1.54) is 12.0 Å². The maximum atomic E-state index is 10.5. The van der Waals surface area contributed by atoms with Crippen molar-refractivity contribution in [3.63, 3.8) is 0 Å². The summed E-state index contributed by atoms with van der Waals surface area (Å²) in [5.74, 6) is 1.53. The average Bonchev–Trinajstić information content (AvgIpc) is 3.24. The molecule has 26 heavy (non-hydrogen) atoms. The van der Waals surface area contributed by atoms with Gasteiger partial charge in [-0.25, -0.2) is 0 Å². The largest absolute Gasteiger partial charge is 0.493 e. The van der Waals surface area contributed by atoms with Crippen molar-refractivity contribution < 1.29 is 14.6 Å². The van der Waals surface area contributed by atoms with Crippen molar-refractivity contribution in [1.82, 2.24) is 4.90 Å². The predicted molar refractivity (Wildman–Crippen MR) is 101 cm³/mol. The standard InChI is InChI=1S/C22H27NO3/c1-25-20-14-18(15-23-13-5-8-21(23)22(24)11-12-22)9-10-19(20)26-16-17-6-3-2-4-7-17/h2-4,6-7,9-10,14,21,24H,5,8,11-13,15-16H2,1H3. The first-order valence-electron chi connectivity index (χ1n) is 9.48. The van der Waals surface area contributed by atoms with Crippen molar-refractivity contribution >= 4 is 0 Å². The Labute approximate surface area is 155 Å². The third kappa shape index (κ3) is 3.71. The highest BCUT2D eigenvalue weighted by atomic mass is 16.5. The van der Waals surface area contributed by atoms with E-state index in [0.29, 0.717) is 12.6 Å². The smallest absolute Gasteiger partial charge is 0.161 e. The van der Waals surface area contributed by atoms with E-state index in [0.717, 1.165) is 49.4 Å². The van der Waals surface area contributed by atoms with E-state index in [4.69, 9.17) is 9.47 Å². The highest BCUT2D eigenvalue weighted by Crippen LogP contribution is 2.45. The molecule has 1 saturated carbocycles. The zero-order valence-electron chi connectivity index (χ0n) is 15.4. The number of aliphatic hydroxyl groups is 1. The summed E-state index contributed by atoms with van der Waals surface area (Å²) < 4.78 is 11.5. The normalized spacial score (nSPS) is 21.5. The molecule has 0 radical (unpaired) electrons. The van der Waals surface area contributed by atoms with Gasteiger partial charge in [0.1, 0.15) is 6.61 Å². The Hall–Kier alpha value is -2.04. The first-order chi connectivity index (χ1) is 12.7. The Balaban J connectivity index is 1.43. The van der Waals surface area contributed by atoms with Crippen molar-refractivity contribution in [3.05, 3.63) is 59.7 Å². The number of nitrogens with zero attached hydrogens (tertiary/aromatic N) is 1. The Morgan fingerprint density at radius 2 is 1.88 bits per heavy atom. The number of hydrogen-bond donors (Lipinski definition) is 1. The molecule has 1 aliphatic carbocycles. The molecule has 4 nitrogen and oxygen atoms in total. The van der Waals surface area contributed by atoms with Crippen LogP contribution in [0.15, 0.2) is 48.5 Å². The maximum Gasteiger partial charge on any atom is 0.161 e. The Morgan fingerprint density at radius 3 is 2.62 bits per heavy atom. The Morgan fingerprint density at radius 1 is 1.08 bits per heavy atom. The molecule has 4 rings (SSSR count). The summed E-state index contributed by atoms with van der Waals surface area (Å²) in [6.07, 6.45) is 4.17. The molecule has 4 heteroatoms. The van der Waals surface area contributed by atoms with Crippen molar-refractivity contribution in [2.24, 2.45) is 0 Å². The second-order valence-corrected chi connectivity index (χ2v) is 7.49. The van der Waals surface area contributed by atoms with Crippen LogP contribution in [0.25, 0.3) is 0 Å². The molecule has 2 aromatic carbocycles. The highest BCUT2D eigenvalue weighted by molar-refractivity contribution is 5.43. The fourth-order valence-electron chi connectivity index (χ4n) is 3.98.